The molecule has 0 bridgehead atoms. The molecule has 1 amide bonds. The molecule has 8 nitrogen and oxygen atoms in total. The molecule has 0 spiro atoms. The van der Waals surface area contributed by atoms with Crippen molar-refractivity contribution in [3.63, 3.8) is 0 Å². The van der Waals surface area contributed by atoms with Crippen LogP contribution in [0, 0.1) is 0 Å². The highest BCUT2D eigenvalue weighted by Crippen LogP contribution is 2.36. The topological polar surface area (TPSA) is 99.0 Å². The van der Waals surface area contributed by atoms with E-state index in [1.165, 1.54) is 23.1 Å². The molecule has 0 fully saturated rings. The lowest BCUT2D eigenvalue weighted by molar-refractivity contribution is -0.113. The molecule has 0 aliphatic heterocycles. The van der Waals surface area contributed by atoms with Crippen molar-refractivity contribution in [2.45, 2.75) is 12.1 Å². The number of nitrogens with zero attached hydrogens (tertiary/aromatic N) is 4. The van der Waals surface area contributed by atoms with Gasteiger partial charge in [-0.25, -0.2) is 4.79 Å². The van der Waals surface area contributed by atoms with Crippen LogP contribution >= 0.6 is 23.1 Å². The second-order valence-electron chi connectivity index (χ2n) is 6.86. The molecule has 0 saturated carbocycles. The molecule has 33 heavy (non-hydrogen) atoms. The third-order valence-electron chi connectivity index (χ3n) is 4.67. The minimum absolute atomic E-state index is 0.106. The average molecular weight is 480 g/mol. The normalized spacial score (nSPS) is 10.7. The number of pyridine rings is 1. The van der Waals surface area contributed by atoms with Crippen LogP contribution in [0.2, 0.25) is 0 Å². The fraction of sp³-hybridized carbons (Fsp3) is 0.174. The Morgan fingerprint density at radius 3 is 2.64 bits per heavy atom. The predicted molar refractivity (Wildman–Crippen MR) is 129 cm³/mol. The fourth-order valence-electron chi connectivity index (χ4n) is 3.14. The van der Waals surface area contributed by atoms with E-state index in [1.54, 1.807) is 17.7 Å². The van der Waals surface area contributed by atoms with Crippen LogP contribution in [0.15, 0.2) is 65.3 Å². The van der Waals surface area contributed by atoms with E-state index in [-0.39, 0.29) is 18.3 Å². The van der Waals surface area contributed by atoms with Gasteiger partial charge in [-0.15, -0.1) is 21.5 Å². The highest BCUT2D eigenvalue weighted by atomic mass is 32.2. The monoisotopic (exact) mass is 479 g/mol. The highest BCUT2D eigenvalue weighted by Gasteiger charge is 2.23. The number of carbonyl (C=O) groups excluding carboxylic acids is 2. The van der Waals surface area contributed by atoms with Crippen molar-refractivity contribution in [3.05, 3.63) is 65.7 Å². The summed E-state index contributed by atoms with van der Waals surface area (Å²) in [7, 11) is 1.83. The first-order valence-corrected chi connectivity index (χ1v) is 12.0. The van der Waals surface area contributed by atoms with Gasteiger partial charge < -0.3 is 14.6 Å². The Morgan fingerprint density at radius 2 is 1.91 bits per heavy atom. The van der Waals surface area contributed by atoms with Crippen LogP contribution < -0.4 is 5.32 Å². The molecule has 4 rings (SSSR count). The number of hydrogen-bond donors (Lipinski definition) is 1. The van der Waals surface area contributed by atoms with Crippen LogP contribution in [0.3, 0.4) is 0 Å². The maximum Gasteiger partial charge on any atom is 0.341 e. The number of nitrogens with one attached hydrogen (secondary N) is 1. The predicted octanol–water partition coefficient (Wildman–Crippen LogP) is 4.51. The van der Waals surface area contributed by atoms with E-state index in [4.69, 9.17) is 4.74 Å². The Labute approximate surface area is 199 Å². The molecule has 0 radical (unpaired) electrons. The van der Waals surface area contributed by atoms with Gasteiger partial charge in [-0.05, 0) is 24.6 Å². The second kappa shape index (κ2) is 10.4. The zero-order valence-corrected chi connectivity index (χ0v) is 19.7. The summed E-state index contributed by atoms with van der Waals surface area (Å²) in [5.41, 5.74) is 2.68. The minimum Gasteiger partial charge on any atom is -0.462 e. The quantitative estimate of drug-likeness (QED) is 0.293. The van der Waals surface area contributed by atoms with E-state index in [9.17, 15) is 9.59 Å². The van der Waals surface area contributed by atoms with Gasteiger partial charge in [-0.3, -0.25) is 9.78 Å². The van der Waals surface area contributed by atoms with Crippen molar-refractivity contribution in [1.29, 1.82) is 0 Å². The van der Waals surface area contributed by atoms with Crippen molar-refractivity contribution in [1.82, 2.24) is 19.7 Å². The Morgan fingerprint density at radius 1 is 1.12 bits per heavy atom. The molecule has 0 aliphatic carbocycles. The molecule has 1 aromatic carbocycles. The Hall–Kier alpha value is -3.50. The van der Waals surface area contributed by atoms with E-state index in [0.29, 0.717) is 27.2 Å². The maximum atomic E-state index is 12.7. The van der Waals surface area contributed by atoms with Gasteiger partial charge in [-0.2, -0.15) is 0 Å². The first-order valence-electron chi connectivity index (χ1n) is 10.2. The summed E-state index contributed by atoms with van der Waals surface area (Å²) in [5, 5.41) is 14.1. The van der Waals surface area contributed by atoms with Gasteiger partial charge in [0.15, 0.2) is 11.0 Å². The first kappa shape index (κ1) is 22.7. The molecule has 4 aromatic rings. The number of benzene rings is 1. The first-order chi connectivity index (χ1) is 16.1. The number of ether oxygens (including phenoxy) is 1. The molecule has 10 heteroatoms. The number of aromatic nitrogens is 4. The number of hydrogen-bond acceptors (Lipinski definition) is 8. The van der Waals surface area contributed by atoms with Crippen molar-refractivity contribution in [2.75, 3.05) is 17.7 Å². The van der Waals surface area contributed by atoms with Gasteiger partial charge in [-0.1, -0.05) is 48.2 Å². The number of thiophene rings is 1. The van der Waals surface area contributed by atoms with Crippen LogP contribution in [0.1, 0.15) is 17.3 Å². The summed E-state index contributed by atoms with van der Waals surface area (Å²) >= 11 is 2.55. The molecule has 0 atom stereocenters. The number of thioether (sulfide) groups is 1. The van der Waals surface area contributed by atoms with Gasteiger partial charge in [0.1, 0.15) is 16.3 Å². The molecule has 0 saturated heterocycles. The number of anilines is 1. The van der Waals surface area contributed by atoms with Crippen molar-refractivity contribution >= 4 is 40.0 Å². The lowest BCUT2D eigenvalue weighted by Crippen LogP contribution is -2.16. The van der Waals surface area contributed by atoms with Crippen LogP contribution in [-0.4, -0.2) is 44.0 Å². The third kappa shape index (κ3) is 5.12. The molecular weight excluding hydrogens is 458 g/mol. The molecular formula is C23H21N5O3S2. The van der Waals surface area contributed by atoms with E-state index in [2.05, 4.69) is 20.5 Å². The van der Waals surface area contributed by atoms with Crippen LogP contribution in [0.25, 0.3) is 22.6 Å². The molecule has 0 aliphatic rings. The Bertz CT molecular complexity index is 1260. The van der Waals surface area contributed by atoms with Gasteiger partial charge in [0, 0.05) is 24.2 Å². The van der Waals surface area contributed by atoms with E-state index < -0.39 is 5.97 Å². The number of esters is 1. The van der Waals surface area contributed by atoms with Gasteiger partial charge >= 0.3 is 5.97 Å². The second-order valence-corrected chi connectivity index (χ2v) is 8.68. The van der Waals surface area contributed by atoms with Crippen molar-refractivity contribution in [3.8, 4) is 22.6 Å². The number of carbonyl (C=O) groups is 2. The molecule has 1 N–H and O–H groups in total. The summed E-state index contributed by atoms with van der Waals surface area (Å²) in [6, 6.07) is 15.1. The van der Waals surface area contributed by atoms with Crippen molar-refractivity contribution in [2.24, 2.45) is 7.05 Å². The van der Waals surface area contributed by atoms with Crippen LogP contribution in [0.5, 0.6) is 0 Å². The summed E-state index contributed by atoms with van der Waals surface area (Å²) < 4.78 is 7.04. The van der Waals surface area contributed by atoms with Gasteiger partial charge in [0.2, 0.25) is 5.91 Å². The largest absolute Gasteiger partial charge is 0.462 e. The number of amides is 1. The number of rotatable bonds is 8. The molecule has 168 valence electrons. The average Bonchev–Trinajstić information content (AvgIpc) is 3.42. The SMILES string of the molecule is CCOC(=O)c1c(-c2ccccc2)csc1NC(=O)CSc1nnc(-c2ccccn2)n1C. The smallest absolute Gasteiger partial charge is 0.341 e. The fourth-order valence-corrected chi connectivity index (χ4v) is 4.82. The molecule has 3 heterocycles. The maximum absolute atomic E-state index is 12.7. The van der Waals surface area contributed by atoms with E-state index in [0.717, 1.165) is 11.1 Å². The zero-order valence-electron chi connectivity index (χ0n) is 18.0. The van der Waals surface area contributed by atoms with E-state index >= 15 is 0 Å². The summed E-state index contributed by atoms with van der Waals surface area (Å²) in [4.78, 5) is 29.7. The molecule has 3 aromatic heterocycles. The standard InChI is InChI=1S/C23H21N5O3S2/c1-3-31-22(30)19-16(15-9-5-4-6-10-15)13-32-21(19)25-18(29)14-33-23-27-26-20(28(23)2)17-11-7-8-12-24-17/h4-13H,3,14H2,1-2H3,(H,25,29). The van der Waals surface area contributed by atoms with Gasteiger partial charge in [0.05, 0.1) is 12.4 Å². The summed E-state index contributed by atoms with van der Waals surface area (Å²) in [5.74, 6) is 0.00629. The van der Waals surface area contributed by atoms with Gasteiger partial charge in [0.25, 0.3) is 0 Å². The highest BCUT2D eigenvalue weighted by molar-refractivity contribution is 7.99. The van der Waals surface area contributed by atoms with Crippen molar-refractivity contribution < 1.29 is 14.3 Å². The zero-order chi connectivity index (χ0) is 23.2. The summed E-state index contributed by atoms with van der Waals surface area (Å²) in [6.07, 6.45) is 1.69. The lowest BCUT2D eigenvalue weighted by atomic mass is 10.0. The Kier molecular flexibility index (Phi) is 7.16. The molecule has 0 unspecified atom stereocenters. The van der Waals surface area contributed by atoms with Crippen LogP contribution in [-0.2, 0) is 16.6 Å². The lowest BCUT2D eigenvalue weighted by Gasteiger charge is -2.09. The Balaban J connectivity index is 1.49. The van der Waals surface area contributed by atoms with E-state index in [1.807, 2.05) is 61.0 Å². The minimum atomic E-state index is -0.464. The third-order valence-corrected chi connectivity index (χ3v) is 6.59. The summed E-state index contributed by atoms with van der Waals surface area (Å²) in [6.45, 7) is 2.00. The van der Waals surface area contributed by atoms with Crippen LogP contribution in [0.4, 0.5) is 5.00 Å².